The van der Waals surface area contributed by atoms with Crippen molar-refractivity contribution in [1.29, 1.82) is 0 Å². The summed E-state index contributed by atoms with van der Waals surface area (Å²) in [6.45, 7) is 2.08. The van der Waals surface area contributed by atoms with Crippen LogP contribution >= 0.6 is 11.8 Å². The maximum Gasteiger partial charge on any atom is 0.239 e. The van der Waals surface area contributed by atoms with Crippen molar-refractivity contribution in [2.75, 3.05) is 0 Å². The van der Waals surface area contributed by atoms with Gasteiger partial charge in [-0.25, -0.2) is 5.41 Å². The molecule has 2 rings (SSSR count). The van der Waals surface area contributed by atoms with Crippen molar-refractivity contribution in [3.05, 3.63) is 71.3 Å². The van der Waals surface area contributed by atoms with Crippen molar-refractivity contribution in [2.24, 2.45) is 0 Å². The van der Waals surface area contributed by atoms with E-state index in [1.807, 2.05) is 12.1 Å². The predicted molar refractivity (Wildman–Crippen MR) is 75.0 cm³/mol. The normalized spacial score (nSPS) is 10.2. The molecule has 2 N–H and O–H groups in total. The number of benzene rings is 2. The Morgan fingerprint density at radius 3 is 2.53 bits per heavy atom. The monoisotopic (exact) mass is 242 g/mol. The number of hydrogen-bond acceptors (Lipinski definition) is 1. The summed E-state index contributed by atoms with van der Waals surface area (Å²) < 4.78 is 0. The summed E-state index contributed by atoms with van der Waals surface area (Å²) in [5.74, 6) is 0.917. The molecule has 0 heterocycles. The van der Waals surface area contributed by atoms with Crippen LogP contribution in [-0.4, -0.2) is 5.04 Å². The Morgan fingerprint density at radius 1 is 1.06 bits per heavy atom. The zero-order valence-corrected chi connectivity index (χ0v) is 10.7. The highest BCUT2D eigenvalue weighted by molar-refractivity contribution is 8.13. The third kappa shape index (κ3) is 3.46. The minimum atomic E-state index is 0.887. The molecule has 0 fully saturated rings. The molecule has 2 heteroatoms. The van der Waals surface area contributed by atoms with Crippen LogP contribution in [0.25, 0.3) is 0 Å². The molecule has 0 amide bonds. The average molecular weight is 242 g/mol. The van der Waals surface area contributed by atoms with Crippen molar-refractivity contribution in [3.8, 4) is 0 Å². The van der Waals surface area contributed by atoms with Crippen LogP contribution in [0.5, 0.6) is 0 Å². The van der Waals surface area contributed by atoms with Gasteiger partial charge in [-0.1, -0.05) is 59.8 Å². The molecule has 0 aliphatic heterocycles. The van der Waals surface area contributed by atoms with Gasteiger partial charge in [0.2, 0.25) is 5.04 Å². The second-order valence-corrected chi connectivity index (χ2v) is 5.03. The van der Waals surface area contributed by atoms with Gasteiger partial charge in [-0.3, -0.25) is 0 Å². The highest BCUT2D eigenvalue weighted by Crippen LogP contribution is 2.16. The Morgan fingerprint density at radius 2 is 1.82 bits per heavy atom. The minimum Gasteiger partial charge on any atom is -0.248 e. The van der Waals surface area contributed by atoms with E-state index in [2.05, 4.69) is 49.4 Å². The fourth-order valence-corrected chi connectivity index (χ4v) is 2.43. The molecule has 0 aromatic heterocycles. The van der Waals surface area contributed by atoms with E-state index in [1.54, 1.807) is 11.8 Å². The fourth-order valence-electron chi connectivity index (χ4n) is 1.62. The predicted octanol–water partition coefficient (Wildman–Crippen LogP) is 2.43. The molecule has 0 saturated heterocycles. The van der Waals surface area contributed by atoms with Crippen LogP contribution in [0.4, 0.5) is 0 Å². The van der Waals surface area contributed by atoms with Crippen LogP contribution in [0.2, 0.25) is 0 Å². The van der Waals surface area contributed by atoms with Gasteiger partial charge in [0.1, 0.15) is 0 Å². The molecule has 0 bridgehead atoms. The number of hydrogen-bond donors (Lipinski definition) is 1. The van der Waals surface area contributed by atoms with Crippen LogP contribution in [0.15, 0.2) is 54.6 Å². The molecule has 17 heavy (non-hydrogen) atoms. The summed E-state index contributed by atoms with van der Waals surface area (Å²) >= 11 is 1.69. The third-order valence-electron chi connectivity index (χ3n) is 2.54. The Kier molecular flexibility index (Phi) is 3.99. The van der Waals surface area contributed by atoms with Crippen molar-refractivity contribution < 1.29 is 5.41 Å². The number of rotatable bonds is 3. The quantitative estimate of drug-likeness (QED) is 0.649. The summed E-state index contributed by atoms with van der Waals surface area (Å²) in [5.41, 5.74) is 3.66. The molecule has 2 aromatic carbocycles. The molecule has 0 spiro atoms. The van der Waals surface area contributed by atoms with Crippen LogP contribution in [-0.2, 0) is 5.75 Å². The van der Waals surface area contributed by atoms with Crippen LogP contribution in [0.3, 0.4) is 0 Å². The zero-order valence-electron chi connectivity index (χ0n) is 9.89. The van der Waals surface area contributed by atoms with Gasteiger partial charge in [-0.2, -0.15) is 0 Å². The van der Waals surface area contributed by atoms with Crippen molar-refractivity contribution in [3.63, 3.8) is 0 Å². The second-order valence-electron chi connectivity index (χ2n) is 4.01. The lowest BCUT2D eigenvalue weighted by atomic mass is 10.1. The lowest BCUT2D eigenvalue weighted by Gasteiger charge is -2.01. The first-order chi connectivity index (χ1) is 8.25. The van der Waals surface area contributed by atoms with E-state index >= 15 is 0 Å². The van der Waals surface area contributed by atoms with Gasteiger partial charge in [0.15, 0.2) is 0 Å². The van der Waals surface area contributed by atoms with E-state index in [9.17, 15) is 0 Å². The van der Waals surface area contributed by atoms with Gasteiger partial charge < -0.3 is 0 Å². The Balaban J connectivity index is 1.98. The second kappa shape index (κ2) is 5.69. The summed E-state index contributed by atoms with van der Waals surface area (Å²) in [7, 11) is 0. The van der Waals surface area contributed by atoms with Gasteiger partial charge in [0.05, 0.1) is 5.56 Å². The zero-order chi connectivity index (χ0) is 12.1. The van der Waals surface area contributed by atoms with E-state index in [-0.39, 0.29) is 0 Å². The van der Waals surface area contributed by atoms with E-state index in [1.165, 1.54) is 11.1 Å². The Bertz CT molecular complexity index is 505. The van der Waals surface area contributed by atoms with E-state index in [0.29, 0.717) is 0 Å². The average Bonchev–Trinajstić information content (AvgIpc) is 2.37. The minimum absolute atomic E-state index is 0.887. The number of nitrogens with two attached hydrogens (primary N) is 1. The number of thioether (sulfide) groups is 1. The number of aryl methyl sites for hydroxylation is 1. The molecule has 0 unspecified atom stereocenters. The van der Waals surface area contributed by atoms with Gasteiger partial charge in [-0.05, 0) is 24.6 Å². The van der Waals surface area contributed by atoms with E-state index in [4.69, 9.17) is 5.41 Å². The summed E-state index contributed by atoms with van der Waals surface area (Å²) in [6, 6.07) is 18.7. The summed E-state index contributed by atoms with van der Waals surface area (Å²) in [4.78, 5) is 0. The largest absolute Gasteiger partial charge is 0.248 e. The van der Waals surface area contributed by atoms with Crippen molar-refractivity contribution in [2.45, 2.75) is 12.7 Å². The molecular weight excluding hydrogens is 226 g/mol. The molecular formula is C15H16NS+. The highest BCUT2D eigenvalue weighted by Gasteiger charge is 2.07. The smallest absolute Gasteiger partial charge is 0.239 e. The third-order valence-corrected chi connectivity index (χ3v) is 3.56. The first-order valence-electron chi connectivity index (χ1n) is 5.62. The maximum absolute atomic E-state index is 6.09. The Labute approximate surface area is 106 Å². The standard InChI is InChI=1S/C15H15NS/c1-12-6-5-9-14(10-12)15(16)17-11-13-7-3-2-4-8-13/h2-10,16H,11H2,1H3/p+1. The Hall–Kier alpha value is -1.54. The maximum atomic E-state index is 6.09. The lowest BCUT2D eigenvalue weighted by molar-refractivity contribution is -0.107. The molecule has 0 aliphatic rings. The van der Waals surface area contributed by atoms with Gasteiger partial charge in [0, 0.05) is 5.75 Å². The molecule has 0 atom stereocenters. The lowest BCUT2D eigenvalue weighted by Crippen LogP contribution is -2.38. The van der Waals surface area contributed by atoms with Crippen LogP contribution in [0, 0.1) is 6.92 Å². The van der Waals surface area contributed by atoms with Crippen LogP contribution < -0.4 is 5.41 Å². The van der Waals surface area contributed by atoms with Crippen molar-refractivity contribution >= 4 is 16.8 Å². The van der Waals surface area contributed by atoms with E-state index < -0.39 is 0 Å². The molecule has 86 valence electrons. The molecule has 0 radical (unpaired) electrons. The first kappa shape index (κ1) is 11.9. The highest BCUT2D eigenvalue weighted by atomic mass is 32.2. The van der Waals surface area contributed by atoms with Gasteiger partial charge >= 0.3 is 0 Å². The molecule has 2 aromatic rings. The topological polar surface area (TPSA) is 25.6 Å². The molecule has 0 saturated carbocycles. The van der Waals surface area contributed by atoms with Gasteiger partial charge in [-0.15, -0.1) is 0 Å². The summed E-state index contributed by atoms with van der Waals surface area (Å²) in [5, 5.41) is 6.98. The first-order valence-corrected chi connectivity index (χ1v) is 6.60. The van der Waals surface area contributed by atoms with Gasteiger partial charge in [0.25, 0.3) is 0 Å². The van der Waals surface area contributed by atoms with Crippen molar-refractivity contribution in [1.82, 2.24) is 0 Å². The molecule has 0 aliphatic carbocycles. The van der Waals surface area contributed by atoms with Crippen LogP contribution in [0.1, 0.15) is 16.7 Å². The molecule has 1 nitrogen and oxygen atoms in total. The SMILES string of the molecule is Cc1cccc(C(=[NH2+])SCc2ccccc2)c1. The summed E-state index contributed by atoms with van der Waals surface area (Å²) in [6.07, 6.45) is 0. The van der Waals surface area contributed by atoms with E-state index in [0.717, 1.165) is 16.4 Å². The fraction of sp³-hybridized carbons (Fsp3) is 0.133.